The van der Waals surface area contributed by atoms with Crippen LogP contribution in [0.3, 0.4) is 0 Å². The summed E-state index contributed by atoms with van der Waals surface area (Å²) in [7, 11) is 0. The zero-order chi connectivity index (χ0) is 13.8. The summed E-state index contributed by atoms with van der Waals surface area (Å²) in [4.78, 5) is 16.0. The third-order valence-corrected chi connectivity index (χ3v) is 4.29. The van der Waals surface area contributed by atoms with Crippen LogP contribution in [0.1, 0.15) is 25.0 Å². The van der Waals surface area contributed by atoms with Crippen LogP contribution in [0.5, 0.6) is 0 Å². The van der Waals surface area contributed by atoms with Crippen molar-refractivity contribution < 1.29 is 9.90 Å². The molecule has 0 bridgehead atoms. The first-order valence-electron chi connectivity index (χ1n) is 6.09. The summed E-state index contributed by atoms with van der Waals surface area (Å²) < 4.78 is 0.714. The second-order valence-electron chi connectivity index (χ2n) is 4.46. The highest BCUT2D eigenvalue weighted by molar-refractivity contribution is 7.73. The summed E-state index contributed by atoms with van der Waals surface area (Å²) >= 11 is 6.52. The number of hydrogen-bond acceptors (Lipinski definition) is 3. The van der Waals surface area contributed by atoms with Crippen molar-refractivity contribution in [2.24, 2.45) is 0 Å². The number of nitrogens with zero attached hydrogens (tertiary/aromatic N) is 1. The maximum absolute atomic E-state index is 11.4. The van der Waals surface area contributed by atoms with E-state index < -0.39 is 6.09 Å². The van der Waals surface area contributed by atoms with Crippen molar-refractivity contribution in [3.8, 4) is 0 Å². The topological polar surface area (TPSA) is 56.3 Å². The number of carbonyl (C=O) groups is 1. The van der Waals surface area contributed by atoms with E-state index in [-0.39, 0.29) is 6.04 Å². The second kappa shape index (κ2) is 6.16. The Bertz CT molecular complexity index is 559. The minimum Gasteiger partial charge on any atom is -0.465 e. The molecule has 0 spiro atoms. The molecule has 2 rings (SSSR count). The highest BCUT2D eigenvalue weighted by Gasteiger charge is 2.27. The molecule has 2 heterocycles. The molecule has 2 N–H and O–H groups in total. The lowest BCUT2D eigenvalue weighted by Crippen LogP contribution is -2.42. The number of aromatic nitrogens is 1. The SMILES string of the molecule is C=CCCC1CC=C(c2csc(=S)[nH]2)CN1C(=O)O. The van der Waals surface area contributed by atoms with Crippen molar-refractivity contribution in [1.29, 1.82) is 0 Å². The van der Waals surface area contributed by atoms with E-state index in [1.165, 1.54) is 16.2 Å². The highest BCUT2D eigenvalue weighted by Crippen LogP contribution is 2.26. The van der Waals surface area contributed by atoms with Crippen molar-refractivity contribution in [1.82, 2.24) is 9.88 Å². The van der Waals surface area contributed by atoms with Crippen LogP contribution in [0.4, 0.5) is 4.79 Å². The molecule has 102 valence electrons. The Kier molecular flexibility index (Phi) is 4.55. The lowest BCUT2D eigenvalue weighted by atomic mass is 9.98. The van der Waals surface area contributed by atoms with Crippen LogP contribution in [0.25, 0.3) is 5.57 Å². The van der Waals surface area contributed by atoms with Crippen LogP contribution in [0, 0.1) is 3.95 Å². The summed E-state index contributed by atoms with van der Waals surface area (Å²) in [6, 6.07) is 0.0425. The quantitative estimate of drug-likeness (QED) is 0.654. The molecule has 1 aliphatic rings. The van der Waals surface area contributed by atoms with Gasteiger partial charge in [0.1, 0.15) is 0 Å². The van der Waals surface area contributed by atoms with Gasteiger partial charge in [0.25, 0.3) is 0 Å². The number of aromatic amines is 1. The molecule has 1 aromatic heterocycles. The van der Waals surface area contributed by atoms with Crippen molar-refractivity contribution in [3.05, 3.63) is 33.8 Å². The third kappa shape index (κ3) is 3.33. The number of amides is 1. The number of H-pyrrole nitrogens is 1. The van der Waals surface area contributed by atoms with Crippen LogP contribution >= 0.6 is 23.6 Å². The van der Waals surface area contributed by atoms with E-state index in [9.17, 15) is 9.90 Å². The van der Waals surface area contributed by atoms with Gasteiger partial charge in [0.05, 0.1) is 12.2 Å². The predicted octanol–water partition coefficient (Wildman–Crippen LogP) is 3.91. The van der Waals surface area contributed by atoms with Crippen LogP contribution in [0.15, 0.2) is 24.1 Å². The molecule has 19 heavy (non-hydrogen) atoms. The molecule has 0 radical (unpaired) electrons. The summed E-state index contributed by atoms with van der Waals surface area (Å²) in [5.41, 5.74) is 1.94. The van der Waals surface area contributed by atoms with Gasteiger partial charge >= 0.3 is 6.09 Å². The molecule has 0 aliphatic carbocycles. The van der Waals surface area contributed by atoms with Crippen LogP contribution < -0.4 is 0 Å². The van der Waals surface area contributed by atoms with Gasteiger partial charge < -0.3 is 15.0 Å². The Morgan fingerprint density at radius 2 is 2.53 bits per heavy atom. The van der Waals surface area contributed by atoms with E-state index in [4.69, 9.17) is 12.2 Å². The minimum atomic E-state index is -0.867. The van der Waals surface area contributed by atoms with Crippen LogP contribution in [-0.4, -0.2) is 33.7 Å². The number of thiazole rings is 1. The molecule has 6 heteroatoms. The van der Waals surface area contributed by atoms with Gasteiger partial charge in [0.15, 0.2) is 3.95 Å². The van der Waals surface area contributed by atoms with E-state index >= 15 is 0 Å². The molecule has 1 atom stereocenters. The number of allylic oxidation sites excluding steroid dienone is 1. The maximum Gasteiger partial charge on any atom is 0.407 e. The van der Waals surface area contributed by atoms with Gasteiger partial charge in [-0.05, 0) is 37.1 Å². The van der Waals surface area contributed by atoms with Gasteiger partial charge in [-0.15, -0.1) is 17.9 Å². The number of carboxylic acid groups (broad SMARTS) is 1. The first-order valence-corrected chi connectivity index (χ1v) is 7.38. The summed E-state index contributed by atoms with van der Waals surface area (Å²) in [5, 5.41) is 11.3. The summed E-state index contributed by atoms with van der Waals surface area (Å²) in [5.74, 6) is 0. The molecule has 1 unspecified atom stereocenters. The maximum atomic E-state index is 11.4. The van der Waals surface area contributed by atoms with Gasteiger partial charge in [0, 0.05) is 11.4 Å². The molecule has 1 amide bonds. The average Bonchev–Trinajstić information content (AvgIpc) is 2.82. The highest BCUT2D eigenvalue weighted by atomic mass is 32.1. The van der Waals surface area contributed by atoms with Crippen molar-refractivity contribution in [3.63, 3.8) is 0 Å². The smallest absolute Gasteiger partial charge is 0.407 e. The normalized spacial score (nSPS) is 19.1. The van der Waals surface area contributed by atoms with E-state index in [2.05, 4.69) is 17.6 Å². The molecule has 0 aromatic carbocycles. The molecule has 1 aliphatic heterocycles. The van der Waals surface area contributed by atoms with Crippen LogP contribution in [0.2, 0.25) is 0 Å². The molecular formula is C13H16N2O2S2. The third-order valence-electron chi connectivity index (χ3n) is 3.23. The lowest BCUT2D eigenvalue weighted by molar-refractivity contribution is 0.127. The fourth-order valence-corrected chi connectivity index (χ4v) is 3.08. The fourth-order valence-electron chi connectivity index (χ4n) is 2.22. The lowest BCUT2D eigenvalue weighted by Gasteiger charge is -2.33. The monoisotopic (exact) mass is 296 g/mol. The van der Waals surface area contributed by atoms with Crippen molar-refractivity contribution in [2.45, 2.75) is 25.3 Å². The summed E-state index contributed by atoms with van der Waals surface area (Å²) in [6.07, 6.45) is 5.47. The number of hydrogen-bond donors (Lipinski definition) is 2. The molecule has 0 saturated carbocycles. The Morgan fingerprint density at radius 3 is 3.11 bits per heavy atom. The van der Waals surface area contributed by atoms with Gasteiger partial charge in [-0.25, -0.2) is 4.79 Å². The first-order chi connectivity index (χ1) is 9.11. The van der Waals surface area contributed by atoms with E-state index in [0.717, 1.165) is 30.5 Å². The van der Waals surface area contributed by atoms with Crippen molar-refractivity contribution in [2.75, 3.05) is 6.54 Å². The second-order valence-corrected chi connectivity index (χ2v) is 6.00. The molecule has 0 fully saturated rings. The average molecular weight is 296 g/mol. The minimum absolute atomic E-state index is 0.0425. The molecule has 0 saturated heterocycles. The van der Waals surface area contributed by atoms with E-state index in [1.54, 1.807) is 0 Å². The van der Waals surface area contributed by atoms with E-state index in [1.807, 2.05) is 11.5 Å². The largest absolute Gasteiger partial charge is 0.465 e. The van der Waals surface area contributed by atoms with Gasteiger partial charge in [-0.2, -0.15) is 0 Å². The summed E-state index contributed by atoms with van der Waals surface area (Å²) in [6.45, 7) is 4.10. The molecule has 4 nitrogen and oxygen atoms in total. The van der Waals surface area contributed by atoms with E-state index in [0.29, 0.717) is 10.5 Å². The Balaban J connectivity index is 2.17. The standard InChI is InChI=1S/C13H16N2O2S2/c1-2-3-4-10-6-5-9(7-15(10)13(16)17)11-8-19-12(18)14-11/h2,5,8,10H,1,3-4,6-7H2,(H,14,18)(H,16,17). The first kappa shape index (κ1) is 14.0. The molecule has 1 aromatic rings. The Hall–Kier alpha value is -1.40. The Labute approximate surface area is 121 Å². The Morgan fingerprint density at radius 1 is 1.74 bits per heavy atom. The van der Waals surface area contributed by atoms with Crippen LogP contribution in [-0.2, 0) is 0 Å². The number of nitrogens with one attached hydrogen (secondary N) is 1. The fraction of sp³-hybridized carbons (Fsp3) is 0.385. The predicted molar refractivity (Wildman–Crippen MR) is 80.0 cm³/mol. The van der Waals surface area contributed by atoms with Gasteiger partial charge in [-0.3, -0.25) is 0 Å². The zero-order valence-corrected chi connectivity index (χ0v) is 12.1. The van der Waals surface area contributed by atoms with Gasteiger partial charge in [-0.1, -0.05) is 12.2 Å². The zero-order valence-electron chi connectivity index (χ0n) is 10.5. The van der Waals surface area contributed by atoms with Crippen molar-refractivity contribution >= 4 is 35.2 Å². The molecular weight excluding hydrogens is 280 g/mol. The van der Waals surface area contributed by atoms with Gasteiger partial charge in [0.2, 0.25) is 0 Å². The number of rotatable bonds is 4.